The topological polar surface area (TPSA) is 91.0 Å². The highest BCUT2D eigenvalue weighted by Gasteiger charge is 2.60. The molecule has 0 bridgehead atoms. The van der Waals surface area contributed by atoms with E-state index >= 15 is 0 Å². The van der Waals surface area contributed by atoms with Crippen molar-refractivity contribution in [2.45, 2.75) is 17.9 Å². The molecule has 0 aliphatic heterocycles. The third kappa shape index (κ3) is 2.08. The maximum Gasteiger partial charge on any atom is 0.324 e. The Morgan fingerprint density at radius 1 is 1.26 bits per heavy atom. The Morgan fingerprint density at radius 3 is 2.11 bits per heavy atom. The fourth-order valence-electron chi connectivity index (χ4n) is 2.25. The number of carboxylic acids is 1. The first-order valence-corrected chi connectivity index (χ1v) is 5.80. The van der Waals surface area contributed by atoms with Crippen molar-refractivity contribution in [1.29, 1.82) is 0 Å². The molecule has 0 heterocycles. The SMILES string of the molecule is COc1cc(OC)c([C@H]2C[C@]2(N)C(=O)O)c(OC)c1. The van der Waals surface area contributed by atoms with Crippen LogP contribution in [0.5, 0.6) is 17.2 Å². The van der Waals surface area contributed by atoms with E-state index in [0.717, 1.165) is 0 Å². The predicted molar refractivity (Wildman–Crippen MR) is 68.0 cm³/mol. The average molecular weight is 267 g/mol. The molecule has 2 atom stereocenters. The van der Waals surface area contributed by atoms with Crippen molar-refractivity contribution in [2.24, 2.45) is 5.73 Å². The average Bonchev–Trinajstić information content (AvgIpc) is 3.10. The van der Waals surface area contributed by atoms with Gasteiger partial charge in [0.25, 0.3) is 0 Å². The van der Waals surface area contributed by atoms with Crippen LogP contribution in [0.4, 0.5) is 0 Å². The first-order valence-electron chi connectivity index (χ1n) is 5.80. The highest BCUT2D eigenvalue weighted by atomic mass is 16.5. The van der Waals surface area contributed by atoms with E-state index < -0.39 is 11.5 Å². The molecular weight excluding hydrogens is 250 g/mol. The molecule has 0 aromatic heterocycles. The van der Waals surface area contributed by atoms with E-state index in [9.17, 15) is 4.79 Å². The second-order valence-electron chi connectivity index (χ2n) is 4.55. The van der Waals surface area contributed by atoms with Crippen LogP contribution in [-0.4, -0.2) is 37.9 Å². The Balaban J connectivity index is 2.48. The van der Waals surface area contributed by atoms with Crippen LogP contribution >= 0.6 is 0 Å². The fraction of sp³-hybridized carbons (Fsp3) is 0.462. The van der Waals surface area contributed by atoms with Gasteiger partial charge in [0.15, 0.2) is 0 Å². The van der Waals surface area contributed by atoms with Crippen LogP contribution in [0.3, 0.4) is 0 Å². The van der Waals surface area contributed by atoms with Crippen molar-refractivity contribution in [2.75, 3.05) is 21.3 Å². The zero-order valence-corrected chi connectivity index (χ0v) is 11.1. The van der Waals surface area contributed by atoms with Crippen molar-refractivity contribution >= 4 is 5.97 Å². The summed E-state index contributed by atoms with van der Waals surface area (Å²) in [7, 11) is 4.56. The predicted octanol–water partition coefficient (Wildman–Crippen LogP) is 0.982. The number of ether oxygens (including phenoxy) is 3. The quantitative estimate of drug-likeness (QED) is 0.826. The van der Waals surface area contributed by atoms with Gasteiger partial charge in [0.2, 0.25) is 0 Å². The second-order valence-corrected chi connectivity index (χ2v) is 4.55. The number of aliphatic carboxylic acids is 1. The lowest BCUT2D eigenvalue weighted by atomic mass is 10.0. The molecule has 1 aliphatic carbocycles. The highest BCUT2D eigenvalue weighted by Crippen LogP contribution is 2.56. The first-order chi connectivity index (χ1) is 8.97. The van der Waals surface area contributed by atoms with E-state index in [2.05, 4.69) is 0 Å². The van der Waals surface area contributed by atoms with Crippen LogP contribution < -0.4 is 19.9 Å². The van der Waals surface area contributed by atoms with Crippen LogP contribution in [0.2, 0.25) is 0 Å². The number of hydrogen-bond donors (Lipinski definition) is 2. The van der Waals surface area contributed by atoms with Crippen LogP contribution in [0.25, 0.3) is 0 Å². The standard InChI is InChI=1S/C13H17NO5/c1-17-7-4-9(18-2)11(10(5-7)19-3)8-6-13(8,14)12(15)16/h4-5,8H,6,14H2,1-3H3,(H,15,16)/t8-,13-/m1/s1. The molecule has 1 aromatic carbocycles. The molecule has 0 spiro atoms. The molecule has 6 heteroatoms. The number of rotatable bonds is 5. The normalized spacial score (nSPS) is 24.7. The summed E-state index contributed by atoms with van der Waals surface area (Å²) < 4.78 is 15.7. The zero-order valence-electron chi connectivity index (χ0n) is 11.1. The van der Waals surface area contributed by atoms with Crippen molar-refractivity contribution in [3.05, 3.63) is 17.7 Å². The first kappa shape index (κ1) is 13.5. The highest BCUT2D eigenvalue weighted by molar-refractivity contribution is 5.85. The molecular formula is C13H17NO5. The van der Waals surface area contributed by atoms with Crippen molar-refractivity contribution in [3.8, 4) is 17.2 Å². The molecule has 3 N–H and O–H groups in total. The van der Waals surface area contributed by atoms with Gasteiger partial charge >= 0.3 is 5.97 Å². The summed E-state index contributed by atoms with van der Waals surface area (Å²) in [6, 6.07) is 3.39. The molecule has 2 rings (SSSR count). The number of hydrogen-bond acceptors (Lipinski definition) is 5. The number of methoxy groups -OCH3 is 3. The molecule has 1 aliphatic rings. The van der Waals surface area contributed by atoms with E-state index in [1.54, 1.807) is 12.1 Å². The van der Waals surface area contributed by atoms with E-state index in [4.69, 9.17) is 25.1 Å². The van der Waals surface area contributed by atoms with Crippen molar-refractivity contribution in [3.63, 3.8) is 0 Å². The molecule has 6 nitrogen and oxygen atoms in total. The van der Waals surface area contributed by atoms with E-state index in [-0.39, 0.29) is 5.92 Å². The molecule has 0 unspecified atom stereocenters. The van der Waals surface area contributed by atoms with Crippen LogP contribution in [-0.2, 0) is 4.79 Å². The number of benzene rings is 1. The fourth-order valence-corrected chi connectivity index (χ4v) is 2.25. The van der Waals surface area contributed by atoms with Crippen LogP contribution in [0.1, 0.15) is 17.9 Å². The molecule has 1 fully saturated rings. The lowest BCUT2D eigenvalue weighted by molar-refractivity contribution is -0.139. The molecule has 19 heavy (non-hydrogen) atoms. The zero-order chi connectivity index (χ0) is 14.2. The maximum absolute atomic E-state index is 11.2. The molecule has 104 valence electrons. The van der Waals surface area contributed by atoms with E-state index in [0.29, 0.717) is 29.2 Å². The third-order valence-corrected chi connectivity index (χ3v) is 3.50. The Hall–Kier alpha value is -1.95. The van der Waals surface area contributed by atoms with Gasteiger partial charge in [-0.15, -0.1) is 0 Å². The Kier molecular flexibility index (Phi) is 3.28. The Labute approximate surface area is 111 Å². The maximum atomic E-state index is 11.2. The minimum absolute atomic E-state index is 0.319. The van der Waals surface area contributed by atoms with Gasteiger partial charge in [0.1, 0.15) is 22.8 Å². The van der Waals surface area contributed by atoms with Gasteiger partial charge in [-0.3, -0.25) is 4.79 Å². The van der Waals surface area contributed by atoms with Crippen LogP contribution in [0, 0.1) is 0 Å². The van der Waals surface area contributed by atoms with Gasteiger partial charge in [0, 0.05) is 23.6 Å². The minimum Gasteiger partial charge on any atom is -0.496 e. The molecule has 0 amide bonds. The summed E-state index contributed by atoms with van der Waals surface area (Å²) in [5, 5.41) is 9.14. The molecule has 0 radical (unpaired) electrons. The second kappa shape index (κ2) is 4.62. The number of carbonyl (C=O) groups is 1. The minimum atomic E-state index is -1.24. The Morgan fingerprint density at radius 2 is 1.79 bits per heavy atom. The summed E-state index contributed by atoms with van der Waals surface area (Å²) >= 11 is 0. The molecule has 1 aromatic rings. The van der Waals surface area contributed by atoms with Gasteiger partial charge in [-0.1, -0.05) is 0 Å². The lowest BCUT2D eigenvalue weighted by Crippen LogP contribution is -2.34. The van der Waals surface area contributed by atoms with E-state index in [1.807, 2.05) is 0 Å². The summed E-state index contributed by atoms with van der Waals surface area (Å²) in [5.74, 6) is 0.291. The molecule has 1 saturated carbocycles. The van der Waals surface area contributed by atoms with Crippen molar-refractivity contribution in [1.82, 2.24) is 0 Å². The van der Waals surface area contributed by atoms with Crippen LogP contribution in [0.15, 0.2) is 12.1 Å². The third-order valence-electron chi connectivity index (χ3n) is 3.50. The number of nitrogens with two attached hydrogens (primary N) is 1. The Bertz CT molecular complexity index is 491. The number of carboxylic acid groups (broad SMARTS) is 1. The summed E-state index contributed by atoms with van der Waals surface area (Å²) in [6.07, 6.45) is 0.362. The van der Waals surface area contributed by atoms with Gasteiger partial charge in [0.05, 0.1) is 21.3 Å². The summed E-state index contributed by atoms with van der Waals surface area (Å²) in [4.78, 5) is 11.2. The summed E-state index contributed by atoms with van der Waals surface area (Å²) in [5.41, 5.74) is 5.28. The van der Waals surface area contributed by atoms with Crippen molar-refractivity contribution < 1.29 is 24.1 Å². The lowest BCUT2D eigenvalue weighted by Gasteiger charge is -2.16. The van der Waals surface area contributed by atoms with Gasteiger partial charge in [-0.2, -0.15) is 0 Å². The smallest absolute Gasteiger partial charge is 0.324 e. The van der Waals surface area contributed by atoms with Gasteiger partial charge in [-0.05, 0) is 6.42 Å². The molecule has 0 saturated heterocycles. The van der Waals surface area contributed by atoms with Gasteiger partial charge < -0.3 is 25.1 Å². The monoisotopic (exact) mass is 267 g/mol. The largest absolute Gasteiger partial charge is 0.496 e. The van der Waals surface area contributed by atoms with Gasteiger partial charge in [-0.25, -0.2) is 0 Å². The van der Waals surface area contributed by atoms with E-state index in [1.165, 1.54) is 21.3 Å². The summed E-state index contributed by atoms with van der Waals surface area (Å²) in [6.45, 7) is 0.